The van der Waals surface area contributed by atoms with E-state index in [1.807, 2.05) is 44.2 Å². The summed E-state index contributed by atoms with van der Waals surface area (Å²) >= 11 is 0. The highest BCUT2D eigenvalue weighted by molar-refractivity contribution is 7.92. The average Bonchev–Trinajstić information content (AvgIpc) is 2.78. The second kappa shape index (κ2) is 9.59. The van der Waals surface area contributed by atoms with E-state index in [2.05, 4.69) is 5.32 Å². The largest absolute Gasteiger partial charge is 0.350 e. The third kappa shape index (κ3) is 4.89. The lowest BCUT2D eigenvalue weighted by atomic mass is 10.1. The molecule has 1 N–H and O–H groups in total. The fourth-order valence-electron chi connectivity index (χ4n) is 3.06. The Morgan fingerprint density at radius 2 is 1.47 bits per heavy atom. The Hall–Kier alpha value is -3.12. The predicted molar refractivity (Wildman–Crippen MR) is 120 cm³/mol. The van der Waals surface area contributed by atoms with Gasteiger partial charge in [-0.25, -0.2) is 8.42 Å². The van der Waals surface area contributed by atoms with E-state index in [4.69, 9.17) is 0 Å². The summed E-state index contributed by atoms with van der Waals surface area (Å²) < 4.78 is 28.5. The van der Waals surface area contributed by atoms with Crippen LogP contribution < -0.4 is 9.62 Å². The van der Waals surface area contributed by atoms with Gasteiger partial charge in [-0.3, -0.25) is 9.10 Å². The molecule has 3 rings (SSSR count). The molecule has 3 aromatic rings. The normalized spacial score (nSPS) is 12.2. The maximum absolute atomic E-state index is 13.6. The van der Waals surface area contributed by atoms with E-state index in [1.165, 1.54) is 4.31 Å². The Labute approximate surface area is 178 Å². The summed E-state index contributed by atoms with van der Waals surface area (Å²) in [5.74, 6) is -0.290. The van der Waals surface area contributed by atoms with Crippen LogP contribution in [0.3, 0.4) is 0 Å². The van der Waals surface area contributed by atoms with Crippen molar-refractivity contribution in [3.63, 3.8) is 0 Å². The number of carbonyl (C=O) groups is 1. The summed E-state index contributed by atoms with van der Waals surface area (Å²) in [5.41, 5.74) is 1.51. The minimum atomic E-state index is -3.89. The molecule has 0 aliphatic carbocycles. The maximum atomic E-state index is 13.6. The fourth-order valence-corrected chi connectivity index (χ4v) is 4.55. The standard InChI is InChI=1S/C24H26N2O3S/c1-3-19(2)25-24(27)22-16-10-11-17-23(22)26(18-20-12-6-4-7-13-20)30(28,29)21-14-8-5-9-15-21/h4-17,19H,3,18H2,1-2H3,(H,25,27)/t19-/m0/s1. The van der Waals surface area contributed by atoms with Crippen molar-refractivity contribution in [2.45, 2.75) is 37.8 Å². The number of amides is 1. The molecule has 0 aromatic heterocycles. The molecule has 0 unspecified atom stereocenters. The van der Waals surface area contributed by atoms with Gasteiger partial charge in [0.1, 0.15) is 0 Å². The number of anilines is 1. The smallest absolute Gasteiger partial charge is 0.264 e. The van der Waals surface area contributed by atoms with Crippen LogP contribution in [0.2, 0.25) is 0 Å². The van der Waals surface area contributed by atoms with Crippen molar-refractivity contribution >= 4 is 21.6 Å². The zero-order valence-electron chi connectivity index (χ0n) is 17.2. The van der Waals surface area contributed by atoms with Gasteiger partial charge in [-0.05, 0) is 43.2 Å². The molecule has 1 amide bonds. The number of nitrogens with zero attached hydrogens (tertiary/aromatic N) is 1. The van der Waals surface area contributed by atoms with E-state index in [-0.39, 0.29) is 23.4 Å². The summed E-state index contributed by atoms with van der Waals surface area (Å²) in [6.45, 7) is 4.02. The van der Waals surface area contributed by atoms with Gasteiger partial charge in [0.05, 0.1) is 22.7 Å². The average molecular weight is 423 g/mol. The zero-order chi connectivity index (χ0) is 21.6. The van der Waals surface area contributed by atoms with Crippen molar-refractivity contribution in [3.05, 3.63) is 96.1 Å². The highest BCUT2D eigenvalue weighted by Gasteiger charge is 2.28. The molecular formula is C24H26N2O3S. The Morgan fingerprint density at radius 3 is 2.10 bits per heavy atom. The lowest BCUT2D eigenvalue weighted by molar-refractivity contribution is 0.0940. The van der Waals surface area contributed by atoms with Gasteiger partial charge in [-0.15, -0.1) is 0 Å². The van der Waals surface area contributed by atoms with Gasteiger partial charge in [0.25, 0.3) is 15.9 Å². The number of para-hydroxylation sites is 1. The number of nitrogens with one attached hydrogen (secondary N) is 1. The first kappa shape index (κ1) is 21.6. The van der Waals surface area contributed by atoms with Crippen LogP contribution in [0.1, 0.15) is 36.2 Å². The molecule has 0 saturated carbocycles. The topological polar surface area (TPSA) is 66.5 Å². The number of hydrogen-bond donors (Lipinski definition) is 1. The summed E-state index contributed by atoms with van der Waals surface area (Å²) in [5, 5.41) is 2.94. The Balaban J connectivity index is 2.11. The van der Waals surface area contributed by atoms with E-state index < -0.39 is 10.0 Å². The number of carbonyl (C=O) groups excluding carboxylic acids is 1. The molecule has 156 valence electrons. The second-order valence-electron chi connectivity index (χ2n) is 7.11. The van der Waals surface area contributed by atoms with E-state index >= 15 is 0 Å². The van der Waals surface area contributed by atoms with E-state index in [0.29, 0.717) is 11.3 Å². The number of sulfonamides is 1. The SMILES string of the molecule is CC[C@H](C)NC(=O)c1ccccc1N(Cc1ccccc1)S(=O)(=O)c1ccccc1. The first-order valence-electron chi connectivity index (χ1n) is 9.95. The predicted octanol–water partition coefficient (Wildman–Crippen LogP) is 4.61. The fraction of sp³-hybridized carbons (Fsp3) is 0.208. The van der Waals surface area contributed by atoms with Gasteiger partial charge in [0, 0.05) is 6.04 Å². The van der Waals surface area contributed by atoms with E-state index in [9.17, 15) is 13.2 Å². The summed E-state index contributed by atoms with van der Waals surface area (Å²) in [6, 6.07) is 24.4. The van der Waals surface area contributed by atoms with Crippen LogP contribution >= 0.6 is 0 Å². The zero-order valence-corrected chi connectivity index (χ0v) is 18.0. The van der Waals surface area contributed by atoms with Crippen LogP contribution in [-0.4, -0.2) is 20.4 Å². The van der Waals surface area contributed by atoms with Crippen molar-refractivity contribution in [3.8, 4) is 0 Å². The van der Waals surface area contributed by atoms with Crippen LogP contribution in [0.4, 0.5) is 5.69 Å². The van der Waals surface area contributed by atoms with Crippen molar-refractivity contribution in [2.75, 3.05) is 4.31 Å². The van der Waals surface area contributed by atoms with Gasteiger partial charge in [0.2, 0.25) is 0 Å². The maximum Gasteiger partial charge on any atom is 0.264 e. The molecule has 0 aliphatic rings. The second-order valence-corrected chi connectivity index (χ2v) is 8.97. The summed E-state index contributed by atoms with van der Waals surface area (Å²) in [4.78, 5) is 13.1. The number of benzene rings is 3. The lowest BCUT2D eigenvalue weighted by Gasteiger charge is -2.27. The summed E-state index contributed by atoms with van der Waals surface area (Å²) in [7, 11) is -3.89. The third-order valence-corrected chi connectivity index (χ3v) is 6.68. The highest BCUT2D eigenvalue weighted by Crippen LogP contribution is 2.29. The van der Waals surface area contributed by atoms with Gasteiger partial charge in [-0.1, -0.05) is 67.6 Å². The molecule has 5 nitrogen and oxygen atoms in total. The van der Waals surface area contributed by atoms with Gasteiger partial charge in [0.15, 0.2) is 0 Å². The van der Waals surface area contributed by atoms with Crippen LogP contribution in [0, 0.1) is 0 Å². The highest BCUT2D eigenvalue weighted by atomic mass is 32.2. The quantitative estimate of drug-likeness (QED) is 0.576. The minimum absolute atomic E-state index is 0.0149. The van der Waals surface area contributed by atoms with E-state index in [1.54, 1.807) is 54.6 Å². The monoisotopic (exact) mass is 422 g/mol. The van der Waals surface area contributed by atoms with Crippen molar-refractivity contribution in [2.24, 2.45) is 0 Å². The molecule has 6 heteroatoms. The van der Waals surface area contributed by atoms with Crippen LogP contribution in [-0.2, 0) is 16.6 Å². The molecule has 30 heavy (non-hydrogen) atoms. The third-order valence-electron chi connectivity index (χ3n) is 4.91. The molecule has 3 aromatic carbocycles. The molecule has 0 radical (unpaired) electrons. The van der Waals surface area contributed by atoms with Crippen molar-refractivity contribution in [1.82, 2.24) is 5.32 Å². The first-order valence-corrected chi connectivity index (χ1v) is 11.4. The van der Waals surface area contributed by atoms with Crippen LogP contribution in [0.25, 0.3) is 0 Å². The van der Waals surface area contributed by atoms with Crippen molar-refractivity contribution in [1.29, 1.82) is 0 Å². The van der Waals surface area contributed by atoms with Crippen LogP contribution in [0.5, 0.6) is 0 Å². The Morgan fingerprint density at radius 1 is 0.900 bits per heavy atom. The molecule has 1 atom stereocenters. The Kier molecular flexibility index (Phi) is 6.90. The molecule has 0 aliphatic heterocycles. The molecule has 0 heterocycles. The molecule has 0 fully saturated rings. The Bertz CT molecular complexity index is 1080. The van der Waals surface area contributed by atoms with Crippen molar-refractivity contribution < 1.29 is 13.2 Å². The summed E-state index contributed by atoms with van der Waals surface area (Å²) in [6.07, 6.45) is 0.782. The molecule has 0 spiro atoms. The minimum Gasteiger partial charge on any atom is -0.350 e. The van der Waals surface area contributed by atoms with Crippen LogP contribution in [0.15, 0.2) is 89.8 Å². The molecule has 0 saturated heterocycles. The molecular weight excluding hydrogens is 396 g/mol. The molecule has 0 bridgehead atoms. The van der Waals surface area contributed by atoms with Gasteiger partial charge in [-0.2, -0.15) is 0 Å². The van der Waals surface area contributed by atoms with E-state index in [0.717, 1.165) is 12.0 Å². The first-order chi connectivity index (χ1) is 14.4. The van der Waals surface area contributed by atoms with Gasteiger partial charge >= 0.3 is 0 Å². The number of rotatable bonds is 8. The van der Waals surface area contributed by atoms with Gasteiger partial charge < -0.3 is 5.32 Å². The lowest BCUT2D eigenvalue weighted by Crippen LogP contribution is -2.36. The number of hydrogen-bond acceptors (Lipinski definition) is 3.